The van der Waals surface area contributed by atoms with Crippen LogP contribution in [0.25, 0.3) is 0 Å². The monoisotopic (exact) mass is 238 g/mol. The Bertz CT molecular complexity index is 364. The van der Waals surface area contributed by atoms with Crippen LogP contribution in [0.3, 0.4) is 0 Å². The van der Waals surface area contributed by atoms with E-state index in [0.29, 0.717) is 6.42 Å². The van der Waals surface area contributed by atoms with Crippen molar-refractivity contribution in [2.75, 3.05) is 0 Å². The number of carbonyl (C=O) groups excluding carboxylic acids is 1. The van der Waals surface area contributed by atoms with Crippen LogP contribution in [-0.2, 0) is 4.79 Å². The zero-order valence-electron chi connectivity index (χ0n) is 10.2. The van der Waals surface area contributed by atoms with Crippen molar-refractivity contribution in [1.29, 1.82) is 0 Å². The van der Waals surface area contributed by atoms with Gasteiger partial charge in [-0.15, -0.1) is 0 Å². The maximum Gasteiger partial charge on any atom is 0.237 e. The van der Waals surface area contributed by atoms with Crippen LogP contribution < -0.4 is 11.1 Å². The van der Waals surface area contributed by atoms with Gasteiger partial charge in [0.2, 0.25) is 5.91 Å². The number of nitrogens with one attached hydrogen (secondary N) is 1. The van der Waals surface area contributed by atoms with E-state index in [2.05, 4.69) is 5.32 Å². The smallest absolute Gasteiger partial charge is 0.237 e. The minimum Gasteiger partial charge on any atom is -0.348 e. The third kappa shape index (κ3) is 4.15. The number of carbonyl (C=O) groups is 1. The molecule has 0 spiro atoms. The molecule has 0 aliphatic rings. The molecule has 0 radical (unpaired) electrons. The quantitative estimate of drug-likeness (QED) is 0.825. The first-order valence-electron chi connectivity index (χ1n) is 5.86. The average molecular weight is 238 g/mol. The van der Waals surface area contributed by atoms with Gasteiger partial charge in [0, 0.05) is 0 Å². The van der Waals surface area contributed by atoms with Crippen LogP contribution in [0.5, 0.6) is 0 Å². The summed E-state index contributed by atoms with van der Waals surface area (Å²) in [7, 11) is 0. The lowest BCUT2D eigenvalue weighted by Crippen LogP contribution is -2.41. The highest BCUT2D eigenvalue weighted by Crippen LogP contribution is 2.13. The summed E-state index contributed by atoms with van der Waals surface area (Å²) in [5, 5.41) is 2.81. The number of benzene rings is 1. The highest BCUT2D eigenvalue weighted by atomic mass is 19.1. The van der Waals surface area contributed by atoms with Crippen LogP contribution in [-0.4, -0.2) is 11.9 Å². The van der Waals surface area contributed by atoms with Crippen LogP contribution in [0.1, 0.15) is 38.3 Å². The molecule has 94 valence electrons. The van der Waals surface area contributed by atoms with Gasteiger partial charge in [-0.05, 0) is 31.0 Å². The Hall–Kier alpha value is -1.42. The molecule has 0 aromatic heterocycles. The standard InChI is InChI=1S/C13H19FN2O/c1-3-4-12(15)13(17)16-9(2)10-5-7-11(14)8-6-10/h5-9,12H,3-4,15H2,1-2H3,(H,16,17)/t9?,12-/m1/s1. The molecule has 1 amide bonds. The number of halogens is 1. The van der Waals surface area contributed by atoms with Crippen LogP contribution in [0.2, 0.25) is 0 Å². The SMILES string of the molecule is CCC[C@@H](N)C(=O)NC(C)c1ccc(F)cc1. The van der Waals surface area contributed by atoms with Gasteiger partial charge in [0.05, 0.1) is 12.1 Å². The summed E-state index contributed by atoms with van der Waals surface area (Å²) in [6.45, 7) is 3.83. The summed E-state index contributed by atoms with van der Waals surface area (Å²) in [6.07, 6.45) is 1.54. The maximum absolute atomic E-state index is 12.7. The van der Waals surface area contributed by atoms with Gasteiger partial charge in [0.15, 0.2) is 0 Å². The van der Waals surface area contributed by atoms with Crippen molar-refractivity contribution in [2.45, 2.75) is 38.8 Å². The largest absolute Gasteiger partial charge is 0.348 e. The van der Waals surface area contributed by atoms with Crippen molar-refractivity contribution in [2.24, 2.45) is 5.73 Å². The van der Waals surface area contributed by atoms with Crippen molar-refractivity contribution in [3.63, 3.8) is 0 Å². The Kier molecular flexibility index (Phi) is 5.10. The molecule has 0 bridgehead atoms. The number of nitrogens with two attached hydrogens (primary N) is 1. The molecule has 0 aliphatic heterocycles. The maximum atomic E-state index is 12.7. The van der Waals surface area contributed by atoms with E-state index >= 15 is 0 Å². The fraction of sp³-hybridized carbons (Fsp3) is 0.462. The first kappa shape index (κ1) is 13.6. The molecule has 2 atom stereocenters. The van der Waals surface area contributed by atoms with Crippen LogP contribution >= 0.6 is 0 Å². The molecule has 0 saturated heterocycles. The predicted molar refractivity (Wildman–Crippen MR) is 65.8 cm³/mol. The van der Waals surface area contributed by atoms with E-state index in [4.69, 9.17) is 5.73 Å². The Morgan fingerprint density at radius 3 is 2.53 bits per heavy atom. The normalized spacial score (nSPS) is 14.1. The summed E-state index contributed by atoms with van der Waals surface area (Å²) in [5.74, 6) is -0.446. The van der Waals surface area contributed by atoms with Crippen LogP contribution in [0.15, 0.2) is 24.3 Å². The molecule has 1 unspecified atom stereocenters. The predicted octanol–water partition coefficient (Wildman–Crippen LogP) is 2.13. The third-order valence-corrected chi connectivity index (χ3v) is 2.67. The van der Waals surface area contributed by atoms with E-state index < -0.39 is 6.04 Å². The van der Waals surface area contributed by atoms with E-state index in [1.165, 1.54) is 12.1 Å². The van der Waals surface area contributed by atoms with Crippen molar-refractivity contribution < 1.29 is 9.18 Å². The van der Waals surface area contributed by atoms with E-state index in [-0.39, 0.29) is 17.8 Å². The molecule has 3 nitrogen and oxygen atoms in total. The van der Waals surface area contributed by atoms with Gasteiger partial charge < -0.3 is 11.1 Å². The first-order valence-corrected chi connectivity index (χ1v) is 5.86. The lowest BCUT2D eigenvalue weighted by molar-refractivity contribution is -0.123. The zero-order chi connectivity index (χ0) is 12.8. The lowest BCUT2D eigenvalue weighted by atomic mass is 10.1. The summed E-state index contributed by atoms with van der Waals surface area (Å²) < 4.78 is 12.7. The molecule has 0 aliphatic carbocycles. The van der Waals surface area contributed by atoms with E-state index in [1.54, 1.807) is 12.1 Å². The minimum atomic E-state index is -0.470. The van der Waals surface area contributed by atoms with E-state index in [9.17, 15) is 9.18 Å². The number of hydrogen-bond acceptors (Lipinski definition) is 2. The minimum absolute atomic E-state index is 0.161. The Morgan fingerprint density at radius 1 is 1.41 bits per heavy atom. The molecule has 4 heteroatoms. The number of amides is 1. The van der Waals surface area contributed by atoms with Gasteiger partial charge in [-0.2, -0.15) is 0 Å². The van der Waals surface area contributed by atoms with Crippen molar-refractivity contribution in [3.05, 3.63) is 35.6 Å². The fourth-order valence-corrected chi connectivity index (χ4v) is 1.60. The van der Waals surface area contributed by atoms with Crippen LogP contribution in [0.4, 0.5) is 4.39 Å². The molecule has 0 heterocycles. The lowest BCUT2D eigenvalue weighted by Gasteiger charge is -2.17. The molecular formula is C13H19FN2O. The topological polar surface area (TPSA) is 55.1 Å². The highest BCUT2D eigenvalue weighted by molar-refractivity contribution is 5.81. The fourth-order valence-electron chi connectivity index (χ4n) is 1.60. The molecule has 1 aromatic carbocycles. The van der Waals surface area contributed by atoms with Crippen LogP contribution in [0, 0.1) is 5.82 Å². The molecule has 1 aromatic rings. The van der Waals surface area contributed by atoms with Crippen molar-refractivity contribution in [3.8, 4) is 0 Å². The van der Waals surface area contributed by atoms with E-state index in [1.807, 2.05) is 13.8 Å². The Balaban J connectivity index is 2.57. The van der Waals surface area contributed by atoms with Gasteiger partial charge in [0.1, 0.15) is 5.82 Å². The molecular weight excluding hydrogens is 219 g/mol. The highest BCUT2D eigenvalue weighted by Gasteiger charge is 2.15. The molecule has 0 saturated carbocycles. The van der Waals surface area contributed by atoms with Gasteiger partial charge in [-0.25, -0.2) is 4.39 Å². The van der Waals surface area contributed by atoms with Gasteiger partial charge in [0.25, 0.3) is 0 Å². The summed E-state index contributed by atoms with van der Waals surface area (Å²) in [5.41, 5.74) is 6.57. The summed E-state index contributed by atoms with van der Waals surface area (Å²) in [6, 6.07) is 5.44. The summed E-state index contributed by atoms with van der Waals surface area (Å²) >= 11 is 0. The zero-order valence-corrected chi connectivity index (χ0v) is 10.2. The number of hydrogen-bond donors (Lipinski definition) is 2. The Labute approximate surface area is 101 Å². The second kappa shape index (κ2) is 6.35. The van der Waals surface area contributed by atoms with E-state index in [0.717, 1.165) is 12.0 Å². The van der Waals surface area contributed by atoms with Crippen molar-refractivity contribution in [1.82, 2.24) is 5.32 Å². The molecule has 0 fully saturated rings. The second-order valence-electron chi connectivity index (χ2n) is 4.18. The van der Waals surface area contributed by atoms with Gasteiger partial charge in [-0.3, -0.25) is 4.79 Å². The summed E-state index contributed by atoms with van der Waals surface area (Å²) in [4.78, 5) is 11.7. The third-order valence-electron chi connectivity index (χ3n) is 2.67. The van der Waals surface area contributed by atoms with Gasteiger partial charge >= 0.3 is 0 Å². The molecule has 1 rings (SSSR count). The number of rotatable bonds is 5. The van der Waals surface area contributed by atoms with Crippen molar-refractivity contribution >= 4 is 5.91 Å². The first-order chi connectivity index (χ1) is 8.04. The van der Waals surface area contributed by atoms with Gasteiger partial charge in [-0.1, -0.05) is 25.5 Å². The Morgan fingerprint density at radius 2 is 2.00 bits per heavy atom. The molecule has 17 heavy (non-hydrogen) atoms. The average Bonchev–Trinajstić information content (AvgIpc) is 2.30. The second-order valence-corrected chi connectivity index (χ2v) is 4.18. The molecule has 3 N–H and O–H groups in total.